The summed E-state index contributed by atoms with van der Waals surface area (Å²) in [5, 5.41) is 5.86. The van der Waals surface area contributed by atoms with Crippen molar-refractivity contribution in [1.29, 1.82) is 0 Å². The van der Waals surface area contributed by atoms with E-state index in [0.29, 0.717) is 5.82 Å². The molecule has 1 aliphatic heterocycles. The standard InChI is InChI=1S/C50H33N3OS/c1-28-24-36-32-14-5-8-20-42(32)54-47(36)37(25-28)44-33-15-4-7-19-40(33)51-49(52-44)31-13-10-12-29(26-31)30-22-23-41-39(27-30)50(2,3)38-18-11-17-35-45(38)53(41)46-34-16-6-9-21-43(34)55-48(35)46/h4-27H,1-3H3. The Balaban J connectivity index is 1.03. The first-order valence-electron chi connectivity index (χ1n) is 18.8. The molecule has 7 aromatic carbocycles. The van der Waals surface area contributed by atoms with Crippen LogP contribution in [0, 0.1) is 6.92 Å². The molecule has 4 nitrogen and oxygen atoms in total. The van der Waals surface area contributed by atoms with Gasteiger partial charge in [0.25, 0.3) is 0 Å². The van der Waals surface area contributed by atoms with Gasteiger partial charge in [0.15, 0.2) is 5.82 Å². The molecule has 5 heteroatoms. The number of fused-ring (bicyclic) bond motifs is 11. The Kier molecular flexibility index (Phi) is 6.17. The SMILES string of the molecule is Cc1cc(-c2nc(-c3cccc(-c4ccc5c(c4)C(C)(C)c4cccc6c7sc8ccccc8c7n-5c46)c3)nc3ccccc23)c2oc3ccccc3c2c1. The minimum atomic E-state index is -0.194. The van der Waals surface area contributed by atoms with E-state index >= 15 is 0 Å². The van der Waals surface area contributed by atoms with Crippen molar-refractivity contribution in [1.82, 2.24) is 14.5 Å². The molecular weight excluding hydrogens is 691 g/mol. The summed E-state index contributed by atoms with van der Waals surface area (Å²) >= 11 is 1.90. The summed E-state index contributed by atoms with van der Waals surface area (Å²) in [5.74, 6) is 0.690. The fraction of sp³-hybridized carbons (Fsp3) is 0.0800. The van der Waals surface area contributed by atoms with Crippen LogP contribution in [0.25, 0.3) is 104 Å². The van der Waals surface area contributed by atoms with Gasteiger partial charge in [-0.1, -0.05) is 111 Å². The highest BCUT2D eigenvalue weighted by Gasteiger charge is 2.36. The van der Waals surface area contributed by atoms with Gasteiger partial charge in [0, 0.05) is 48.2 Å². The van der Waals surface area contributed by atoms with Crippen molar-refractivity contribution in [2.24, 2.45) is 0 Å². The van der Waals surface area contributed by atoms with Crippen LogP contribution in [0.15, 0.2) is 150 Å². The number of para-hydroxylation sites is 3. The third-order valence-electron chi connectivity index (χ3n) is 11.8. The maximum absolute atomic E-state index is 6.54. The van der Waals surface area contributed by atoms with Gasteiger partial charge in [-0.2, -0.15) is 0 Å². The molecule has 1 aliphatic rings. The summed E-state index contributed by atoms with van der Waals surface area (Å²) in [6.07, 6.45) is 0. The number of furan rings is 1. The van der Waals surface area contributed by atoms with E-state index < -0.39 is 0 Å². The second-order valence-corrected chi connectivity index (χ2v) is 16.5. The smallest absolute Gasteiger partial charge is 0.160 e. The minimum absolute atomic E-state index is 0.194. The lowest BCUT2D eigenvalue weighted by molar-refractivity contribution is 0.630. The highest BCUT2D eigenvalue weighted by atomic mass is 32.1. The summed E-state index contributed by atoms with van der Waals surface area (Å²) in [5.41, 5.74) is 15.3. The first kappa shape index (κ1) is 30.9. The van der Waals surface area contributed by atoms with Gasteiger partial charge in [0.1, 0.15) is 11.2 Å². The third kappa shape index (κ3) is 4.27. The van der Waals surface area contributed by atoms with Crippen molar-refractivity contribution < 1.29 is 4.42 Å². The molecule has 0 saturated heterocycles. The van der Waals surface area contributed by atoms with Gasteiger partial charge in [-0.15, -0.1) is 11.3 Å². The van der Waals surface area contributed by atoms with Crippen LogP contribution >= 0.6 is 11.3 Å². The maximum atomic E-state index is 6.54. The van der Waals surface area contributed by atoms with Crippen molar-refractivity contribution >= 4 is 75.4 Å². The highest BCUT2D eigenvalue weighted by molar-refractivity contribution is 7.26. The quantitative estimate of drug-likeness (QED) is 0.182. The lowest BCUT2D eigenvalue weighted by atomic mass is 9.74. The zero-order valence-corrected chi connectivity index (χ0v) is 31.3. The van der Waals surface area contributed by atoms with Crippen LogP contribution in [0.3, 0.4) is 0 Å². The van der Waals surface area contributed by atoms with Crippen molar-refractivity contribution in [3.63, 3.8) is 0 Å². The maximum Gasteiger partial charge on any atom is 0.160 e. The monoisotopic (exact) mass is 723 g/mol. The van der Waals surface area contributed by atoms with E-state index in [-0.39, 0.29) is 5.41 Å². The molecule has 0 radical (unpaired) electrons. The Bertz CT molecular complexity index is 3430. The Morgan fingerprint density at radius 3 is 2.24 bits per heavy atom. The van der Waals surface area contributed by atoms with E-state index in [1.807, 2.05) is 29.5 Å². The number of nitrogens with zero attached hydrogens (tertiary/aromatic N) is 3. The lowest BCUT2D eigenvalue weighted by Gasteiger charge is -2.35. The van der Waals surface area contributed by atoms with Crippen LogP contribution in [0.2, 0.25) is 0 Å². The van der Waals surface area contributed by atoms with E-state index in [4.69, 9.17) is 14.4 Å². The van der Waals surface area contributed by atoms with Gasteiger partial charge < -0.3 is 8.98 Å². The molecular formula is C50H33N3OS. The van der Waals surface area contributed by atoms with Gasteiger partial charge in [0.2, 0.25) is 0 Å². The summed E-state index contributed by atoms with van der Waals surface area (Å²) in [4.78, 5) is 10.5. The average Bonchev–Trinajstić information content (AvgIpc) is 3.89. The number of hydrogen-bond acceptors (Lipinski definition) is 4. The van der Waals surface area contributed by atoms with Gasteiger partial charge in [-0.25, -0.2) is 9.97 Å². The second-order valence-electron chi connectivity index (χ2n) is 15.5. The Hall–Kier alpha value is -6.56. The van der Waals surface area contributed by atoms with Crippen molar-refractivity contribution in [2.75, 3.05) is 0 Å². The van der Waals surface area contributed by atoms with Crippen molar-refractivity contribution in [3.05, 3.63) is 162 Å². The number of hydrogen-bond donors (Lipinski definition) is 0. The number of thiophene rings is 1. The van der Waals surface area contributed by atoms with E-state index in [0.717, 1.165) is 60.8 Å². The van der Waals surface area contributed by atoms with Gasteiger partial charge in [-0.05, 0) is 83.3 Å². The minimum Gasteiger partial charge on any atom is -0.455 e. The predicted molar refractivity (Wildman–Crippen MR) is 230 cm³/mol. The molecule has 55 heavy (non-hydrogen) atoms. The summed E-state index contributed by atoms with van der Waals surface area (Å²) < 4.78 is 11.8. The number of rotatable bonds is 3. The zero-order chi connectivity index (χ0) is 36.6. The molecule has 0 N–H and O–H groups in total. The van der Waals surface area contributed by atoms with Crippen LogP contribution < -0.4 is 0 Å². The first-order chi connectivity index (χ1) is 26.9. The van der Waals surface area contributed by atoms with Gasteiger partial charge in [0.05, 0.1) is 32.6 Å². The number of aryl methyl sites for hydroxylation is 1. The van der Waals surface area contributed by atoms with Crippen molar-refractivity contribution in [3.8, 4) is 39.5 Å². The average molecular weight is 724 g/mol. The molecule has 5 heterocycles. The lowest BCUT2D eigenvalue weighted by Crippen LogP contribution is -2.26. The predicted octanol–water partition coefficient (Wildman–Crippen LogP) is 13.8. The van der Waals surface area contributed by atoms with Crippen LogP contribution in [-0.4, -0.2) is 14.5 Å². The topological polar surface area (TPSA) is 43.9 Å². The molecule has 0 aliphatic carbocycles. The third-order valence-corrected chi connectivity index (χ3v) is 13.0. The molecule has 0 saturated carbocycles. The van der Waals surface area contributed by atoms with E-state index in [1.54, 1.807) is 0 Å². The van der Waals surface area contributed by atoms with Crippen LogP contribution in [0.5, 0.6) is 0 Å². The van der Waals surface area contributed by atoms with E-state index in [1.165, 1.54) is 53.6 Å². The largest absolute Gasteiger partial charge is 0.455 e. The highest BCUT2D eigenvalue weighted by Crippen LogP contribution is 2.51. The molecule has 260 valence electrons. The molecule has 4 aromatic heterocycles. The molecule has 0 unspecified atom stereocenters. The van der Waals surface area contributed by atoms with E-state index in [9.17, 15) is 0 Å². The Labute approximate surface area is 320 Å². The Morgan fingerprint density at radius 2 is 1.33 bits per heavy atom. The van der Waals surface area contributed by atoms with Gasteiger partial charge in [-0.3, -0.25) is 0 Å². The van der Waals surface area contributed by atoms with Gasteiger partial charge >= 0.3 is 0 Å². The molecule has 0 bridgehead atoms. The Morgan fingerprint density at radius 1 is 0.582 bits per heavy atom. The molecule has 11 aromatic rings. The molecule has 0 fully saturated rings. The summed E-state index contributed by atoms with van der Waals surface area (Å²) in [6.45, 7) is 6.89. The number of aromatic nitrogens is 3. The fourth-order valence-corrected chi connectivity index (χ4v) is 10.4. The summed E-state index contributed by atoms with van der Waals surface area (Å²) in [6, 6.07) is 52.3. The van der Waals surface area contributed by atoms with E-state index in [2.05, 4.69) is 153 Å². The normalized spacial score (nSPS) is 13.5. The molecule has 12 rings (SSSR count). The molecule has 0 atom stereocenters. The first-order valence-corrected chi connectivity index (χ1v) is 19.6. The molecule has 0 spiro atoms. The zero-order valence-electron chi connectivity index (χ0n) is 30.5. The summed E-state index contributed by atoms with van der Waals surface area (Å²) in [7, 11) is 0. The second kappa shape index (κ2) is 11.0. The van der Waals surface area contributed by atoms with Crippen LogP contribution in [0.1, 0.15) is 30.5 Å². The van der Waals surface area contributed by atoms with Crippen LogP contribution in [0.4, 0.5) is 0 Å². The number of benzene rings is 7. The van der Waals surface area contributed by atoms with Crippen LogP contribution in [-0.2, 0) is 5.41 Å². The van der Waals surface area contributed by atoms with Crippen molar-refractivity contribution in [2.45, 2.75) is 26.2 Å². The molecule has 0 amide bonds. The fourth-order valence-electron chi connectivity index (χ4n) is 9.21.